The van der Waals surface area contributed by atoms with E-state index in [0.717, 1.165) is 18.5 Å². The molecule has 2 rings (SSSR count). The third kappa shape index (κ3) is 4.78. The molecule has 0 aromatic carbocycles. The molecule has 1 aromatic heterocycles. The van der Waals surface area contributed by atoms with Crippen LogP contribution in [0.25, 0.3) is 0 Å². The van der Waals surface area contributed by atoms with Gasteiger partial charge in [0.25, 0.3) is 0 Å². The maximum Gasteiger partial charge on any atom is 0.243 e. The van der Waals surface area contributed by atoms with E-state index >= 15 is 0 Å². The average molecular weight is 317 g/mol. The fourth-order valence-corrected chi connectivity index (χ4v) is 2.99. The van der Waals surface area contributed by atoms with Crippen molar-refractivity contribution in [3.8, 4) is 0 Å². The van der Waals surface area contributed by atoms with Gasteiger partial charge in [-0.2, -0.15) is 0 Å². The Hall–Kier alpha value is -1.91. The number of hydrogen-bond donors (Lipinski definition) is 1. The zero-order chi connectivity index (χ0) is 16.8. The lowest BCUT2D eigenvalue weighted by Crippen LogP contribution is -2.52. The molecule has 1 aromatic rings. The quantitative estimate of drug-likeness (QED) is 0.877. The lowest BCUT2D eigenvalue weighted by molar-refractivity contribution is -0.143. The number of piperidine rings is 1. The highest BCUT2D eigenvalue weighted by Gasteiger charge is 2.32. The van der Waals surface area contributed by atoms with Crippen molar-refractivity contribution in [2.45, 2.75) is 58.5 Å². The number of amides is 2. The van der Waals surface area contributed by atoms with Gasteiger partial charge in [-0.3, -0.25) is 14.6 Å². The number of carbonyl (C=O) groups is 2. The Kier molecular flexibility index (Phi) is 6.13. The predicted octanol–water partition coefficient (Wildman–Crippen LogP) is 2.69. The Morgan fingerprint density at radius 1 is 1.30 bits per heavy atom. The van der Waals surface area contributed by atoms with E-state index in [1.807, 2.05) is 25.1 Å². The third-order valence-corrected chi connectivity index (χ3v) is 4.22. The van der Waals surface area contributed by atoms with Crippen molar-refractivity contribution < 1.29 is 9.59 Å². The number of aromatic nitrogens is 1. The minimum absolute atomic E-state index is 0.0768. The molecule has 5 nitrogen and oxygen atoms in total. The van der Waals surface area contributed by atoms with Crippen LogP contribution in [0.2, 0.25) is 0 Å². The first kappa shape index (κ1) is 17.4. The molecule has 1 fully saturated rings. The first-order chi connectivity index (χ1) is 11.0. The Labute approximate surface area is 138 Å². The summed E-state index contributed by atoms with van der Waals surface area (Å²) in [7, 11) is 0. The van der Waals surface area contributed by atoms with Crippen molar-refractivity contribution in [2.75, 3.05) is 6.54 Å². The molecule has 2 amide bonds. The smallest absolute Gasteiger partial charge is 0.243 e. The molecule has 23 heavy (non-hydrogen) atoms. The third-order valence-electron chi connectivity index (χ3n) is 4.22. The van der Waals surface area contributed by atoms with E-state index in [0.29, 0.717) is 25.3 Å². The number of rotatable bonds is 6. The van der Waals surface area contributed by atoms with Crippen molar-refractivity contribution in [3.63, 3.8) is 0 Å². The normalized spacial score (nSPS) is 17.9. The van der Waals surface area contributed by atoms with Gasteiger partial charge >= 0.3 is 0 Å². The number of likely N-dealkylation sites (tertiary alicyclic amines) is 1. The summed E-state index contributed by atoms with van der Waals surface area (Å²) in [4.78, 5) is 31.0. The van der Waals surface area contributed by atoms with Crippen molar-refractivity contribution in [2.24, 2.45) is 5.92 Å². The van der Waals surface area contributed by atoms with Crippen molar-refractivity contribution in [3.05, 3.63) is 30.1 Å². The minimum atomic E-state index is -0.381. The summed E-state index contributed by atoms with van der Waals surface area (Å²) in [5, 5.41) is 3.02. The van der Waals surface area contributed by atoms with Crippen LogP contribution in [-0.2, 0) is 9.59 Å². The molecule has 1 N–H and O–H groups in total. The fourth-order valence-electron chi connectivity index (χ4n) is 2.99. The molecule has 5 heteroatoms. The van der Waals surface area contributed by atoms with Gasteiger partial charge in [-0.05, 0) is 44.2 Å². The Morgan fingerprint density at radius 2 is 2.09 bits per heavy atom. The second kappa shape index (κ2) is 8.09. The summed E-state index contributed by atoms with van der Waals surface area (Å²) in [5.41, 5.74) is 0.828. The molecular weight excluding hydrogens is 290 g/mol. The zero-order valence-corrected chi connectivity index (χ0v) is 14.3. The molecule has 1 saturated heterocycles. The Morgan fingerprint density at radius 3 is 2.70 bits per heavy atom. The number of pyridine rings is 1. The number of carbonyl (C=O) groups excluding carboxylic acids is 2. The number of nitrogens with one attached hydrogen (secondary N) is 1. The van der Waals surface area contributed by atoms with Gasteiger partial charge < -0.3 is 10.2 Å². The predicted molar refractivity (Wildman–Crippen MR) is 89.6 cm³/mol. The van der Waals surface area contributed by atoms with Gasteiger partial charge in [0, 0.05) is 19.2 Å². The lowest BCUT2D eigenvalue weighted by Gasteiger charge is -2.35. The zero-order valence-electron chi connectivity index (χ0n) is 14.3. The standard InChI is InChI=1S/C18H27N3O2/c1-13(2)12-16(21-11-7-5-9-17(21)22)18(23)20-14(3)15-8-4-6-10-19-15/h4,6,8,10,13-14,16H,5,7,9,11-12H2,1-3H3,(H,20,23)/t14-,16+/m0/s1. The van der Waals surface area contributed by atoms with E-state index in [9.17, 15) is 9.59 Å². The second-order valence-corrected chi connectivity index (χ2v) is 6.67. The maximum atomic E-state index is 12.8. The molecule has 0 saturated carbocycles. The molecular formula is C18H27N3O2. The minimum Gasteiger partial charge on any atom is -0.346 e. The van der Waals surface area contributed by atoms with Crippen LogP contribution in [0.4, 0.5) is 0 Å². The van der Waals surface area contributed by atoms with Crippen LogP contribution >= 0.6 is 0 Å². The van der Waals surface area contributed by atoms with Gasteiger partial charge in [-0.15, -0.1) is 0 Å². The molecule has 2 heterocycles. The first-order valence-electron chi connectivity index (χ1n) is 8.49. The maximum absolute atomic E-state index is 12.8. The highest BCUT2D eigenvalue weighted by atomic mass is 16.2. The van der Waals surface area contributed by atoms with Gasteiger partial charge in [-0.25, -0.2) is 0 Å². The van der Waals surface area contributed by atoms with E-state index < -0.39 is 0 Å². The molecule has 0 radical (unpaired) electrons. The monoisotopic (exact) mass is 317 g/mol. The molecule has 1 aliphatic heterocycles. The lowest BCUT2D eigenvalue weighted by atomic mass is 9.98. The molecule has 0 spiro atoms. The Balaban J connectivity index is 2.08. The molecule has 0 unspecified atom stereocenters. The van der Waals surface area contributed by atoms with E-state index in [-0.39, 0.29) is 23.9 Å². The van der Waals surface area contributed by atoms with E-state index in [4.69, 9.17) is 0 Å². The van der Waals surface area contributed by atoms with Gasteiger partial charge in [0.2, 0.25) is 11.8 Å². The van der Waals surface area contributed by atoms with Crippen molar-refractivity contribution in [1.29, 1.82) is 0 Å². The van der Waals surface area contributed by atoms with Gasteiger partial charge in [0.05, 0.1) is 11.7 Å². The largest absolute Gasteiger partial charge is 0.346 e. The number of nitrogens with zero attached hydrogens (tertiary/aromatic N) is 2. The summed E-state index contributed by atoms with van der Waals surface area (Å²) in [5.74, 6) is 0.375. The fraction of sp³-hybridized carbons (Fsp3) is 0.611. The Bertz CT molecular complexity index is 530. The van der Waals surface area contributed by atoms with Gasteiger partial charge in [0.1, 0.15) is 6.04 Å². The van der Waals surface area contributed by atoms with Crippen molar-refractivity contribution in [1.82, 2.24) is 15.2 Å². The molecule has 0 bridgehead atoms. The van der Waals surface area contributed by atoms with Crippen LogP contribution in [0.5, 0.6) is 0 Å². The van der Waals surface area contributed by atoms with Gasteiger partial charge in [0.15, 0.2) is 0 Å². The van der Waals surface area contributed by atoms with E-state index in [2.05, 4.69) is 24.1 Å². The summed E-state index contributed by atoms with van der Waals surface area (Å²) >= 11 is 0. The van der Waals surface area contributed by atoms with Crippen LogP contribution in [0.3, 0.4) is 0 Å². The van der Waals surface area contributed by atoms with Gasteiger partial charge in [-0.1, -0.05) is 19.9 Å². The molecule has 1 aliphatic rings. The highest BCUT2D eigenvalue weighted by Crippen LogP contribution is 2.20. The number of hydrogen-bond acceptors (Lipinski definition) is 3. The summed E-state index contributed by atoms with van der Waals surface area (Å²) in [6, 6.07) is 5.11. The molecule has 126 valence electrons. The highest BCUT2D eigenvalue weighted by molar-refractivity contribution is 5.88. The summed E-state index contributed by atoms with van der Waals surface area (Å²) < 4.78 is 0. The van der Waals surface area contributed by atoms with E-state index in [1.54, 1.807) is 11.1 Å². The summed E-state index contributed by atoms with van der Waals surface area (Å²) in [6.45, 7) is 6.76. The topological polar surface area (TPSA) is 62.3 Å². The van der Waals surface area contributed by atoms with Crippen molar-refractivity contribution >= 4 is 11.8 Å². The molecule has 0 aliphatic carbocycles. The SMILES string of the molecule is CC(C)C[C@H](C(=O)N[C@@H](C)c1ccccn1)N1CCCCC1=O. The average Bonchev–Trinajstić information content (AvgIpc) is 2.54. The van der Waals surface area contributed by atoms with Crippen LogP contribution < -0.4 is 5.32 Å². The van der Waals surface area contributed by atoms with Crippen LogP contribution in [0.1, 0.15) is 58.2 Å². The van der Waals surface area contributed by atoms with E-state index in [1.165, 1.54) is 0 Å². The van der Waals surface area contributed by atoms with Crippen LogP contribution in [-0.4, -0.2) is 34.3 Å². The summed E-state index contributed by atoms with van der Waals surface area (Å²) in [6.07, 6.45) is 4.86. The second-order valence-electron chi connectivity index (χ2n) is 6.67. The van der Waals surface area contributed by atoms with Crippen LogP contribution in [0, 0.1) is 5.92 Å². The molecule has 2 atom stereocenters. The van der Waals surface area contributed by atoms with Crippen LogP contribution in [0.15, 0.2) is 24.4 Å². The first-order valence-corrected chi connectivity index (χ1v) is 8.49.